The number of urea groups is 1. The number of amides is 2. The highest BCUT2D eigenvalue weighted by molar-refractivity contribution is 5.90. The Morgan fingerprint density at radius 2 is 1.72 bits per heavy atom. The van der Waals surface area contributed by atoms with E-state index in [0.717, 1.165) is 69.2 Å². The molecular formula is C25H35N5O2. The highest BCUT2D eigenvalue weighted by atomic mass is 16.5. The minimum atomic E-state index is -0.0498. The van der Waals surface area contributed by atoms with Crippen LogP contribution in [-0.2, 0) is 0 Å². The lowest BCUT2D eigenvalue weighted by atomic mass is 9.86. The maximum atomic E-state index is 12.9. The Labute approximate surface area is 191 Å². The first-order valence-corrected chi connectivity index (χ1v) is 11.5. The number of piperazine rings is 1. The predicted octanol–water partition coefficient (Wildman–Crippen LogP) is 3.39. The zero-order valence-electron chi connectivity index (χ0n) is 19.2. The lowest BCUT2D eigenvalue weighted by molar-refractivity contribution is 0.174. The molecule has 0 aliphatic carbocycles. The summed E-state index contributed by atoms with van der Waals surface area (Å²) in [4.78, 5) is 19.5. The van der Waals surface area contributed by atoms with Crippen LogP contribution in [0.2, 0.25) is 0 Å². The molecule has 0 bridgehead atoms. The fourth-order valence-corrected chi connectivity index (χ4v) is 4.67. The SMILES string of the molecule is COc1ccc(NC(=O)N2CCC(C(N)c3ccccc3)CC2)cc1N1CCN(C)CC1. The van der Waals surface area contributed by atoms with Gasteiger partial charge in [-0.25, -0.2) is 4.79 Å². The van der Waals surface area contributed by atoms with Gasteiger partial charge in [-0.15, -0.1) is 0 Å². The first-order valence-electron chi connectivity index (χ1n) is 11.5. The van der Waals surface area contributed by atoms with E-state index in [2.05, 4.69) is 34.3 Å². The van der Waals surface area contributed by atoms with Crippen LogP contribution < -0.4 is 20.7 Å². The summed E-state index contributed by atoms with van der Waals surface area (Å²) >= 11 is 0. The van der Waals surface area contributed by atoms with Crippen molar-refractivity contribution in [1.29, 1.82) is 0 Å². The topological polar surface area (TPSA) is 74.1 Å². The molecule has 3 N–H and O–H groups in total. The van der Waals surface area contributed by atoms with Gasteiger partial charge in [0.05, 0.1) is 12.8 Å². The quantitative estimate of drug-likeness (QED) is 0.750. The summed E-state index contributed by atoms with van der Waals surface area (Å²) in [6.07, 6.45) is 1.83. The second-order valence-electron chi connectivity index (χ2n) is 8.87. The third-order valence-electron chi connectivity index (χ3n) is 6.79. The number of carbonyl (C=O) groups excluding carboxylic acids is 1. The van der Waals surface area contributed by atoms with Crippen LogP contribution in [0.15, 0.2) is 48.5 Å². The monoisotopic (exact) mass is 437 g/mol. The number of ether oxygens (including phenoxy) is 1. The van der Waals surface area contributed by atoms with E-state index in [9.17, 15) is 4.79 Å². The van der Waals surface area contributed by atoms with Crippen LogP contribution in [0.1, 0.15) is 24.4 Å². The molecule has 7 heteroatoms. The Hall–Kier alpha value is -2.77. The first kappa shape index (κ1) is 22.4. The fraction of sp³-hybridized carbons (Fsp3) is 0.480. The number of likely N-dealkylation sites (N-methyl/N-ethyl adjacent to an activating group) is 1. The molecule has 1 unspecified atom stereocenters. The third-order valence-corrected chi connectivity index (χ3v) is 6.79. The number of nitrogens with zero attached hydrogens (tertiary/aromatic N) is 3. The number of hydrogen-bond donors (Lipinski definition) is 2. The molecule has 7 nitrogen and oxygen atoms in total. The van der Waals surface area contributed by atoms with Crippen LogP contribution >= 0.6 is 0 Å². The van der Waals surface area contributed by atoms with Crippen LogP contribution in [0.25, 0.3) is 0 Å². The Morgan fingerprint density at radius 1 is 1.03 bits per heavy atom. The molecule has 172 valence electrons. The summed E-state index contributed by atoms with van der Waals surface area (Å²) in [6, 6.07) is 16.1. The highest BCUT2D eigenvalue weighted by Gasteiger charge is 2.27. The molecule has 0 spiro atoms. The molecule has 32 heavy (non-hydrogen) atoms. The number of piperidine rings is 1. The van der Waals surface area contributed by atoms with Gasteiger partial charge in [0, 0.05) is 51.0 Å². The van der Waals surface area contributed by atoms with E-state index in [0.29, 0.717) is 5.92 Å². The molecule has 2 aromatic rings. The van der Waals surface area contributed by atoms with E-state index in [1.807, 2.05) is 41.3 Å². The van der Waals surface area contributed by atoms with Gasteiger partial charge in [0.1, 0.15) is 5.75 Å². The molecule has 1 atom stereocenters. The van der Waals surface area contributed by atoms with E-state index in [1.54, 1.807) is 7.11 Å². The molecule has 0 saturated carbocycles. The van der Waals surface area contributed by atoms with Crippen molar-refractivity contribution in [2.45, 2.75) is 18.9 Å². The van der Waals surface area contributed by atoms with Gasteiger partial charge in [-0.3, -0.25) is 0 Å². The number of rotatable bonds is 5. The van der Waals surface area contributed by atoms with E-state index in [4.69, 9.17) is 10.5 Å². The fourth-order valence-electron chi connectivity index (χ4n) is 4.67. The van der Waals surface area contributed by atoms with Gasteiger partial charge < -0.3 is 30.5 Å². The molecule has 0 radical (unpaired) electrons. The molecule has 2 aliphatic rings. The van der Waals surface area contributed by atoms with Crippen molar-refractivity contribution in [1.82, 2.24) is 9.80 Å². The summed E-state index contributed by atoms with van der Waals surface area (Å²) in [6.45, 7) is 5.36. The van der Waals surface area contributed by atoms with E-state index >= 15 is 0 Å². The summed E-state index contributed by atoms with van der Waals surface area (Å²) in [5, 5.41) is 3.09. The van der Waals surface area contributed by atoms with Crippen molar-refractivity contribution in [2.75, 3.05) is 63.6 Å². The zero-order chi connectivity index (χ0) is 22.5. The number of nitrogens with two attached hydrogens (primary N) is 1. The van der Waals surface area contributed by atoms with Crippen LogP contribution in [0, 0.1) is 5.92 Å². The van der Waals surface area contributed by atoms with Gasteiger partial charge in [0.25, 0.3) is 0 Å². The molecule has 0 aromatic heterocycles. The molecule has 4 rings (SSSR count). The van der Waals surface area contributed by atoms with Crippen molar-refractivity contribution in [2.24, 2.45) is 11.7 Å². The average Bonchev–Trinajstić information content (AvgIpc) is 2.84. The maximum Gasteiger partial charge on any atom is 0.321 e. The van der Waals surface area contributed by atoms with Crippen molar-refractivity contribution in [3.05, 3.63) is 54.1 Å². The van der Waals surface area contributed by atoms with Gasteiger partial charge in [0.15, 0.2) is 0 Å². The summed E-state index contributed by atoms with van der Waals surface area (Å²) < 4.78 is 5.58. The van der Waals surface area contributed by atoms with Gasteiger partial charge in [-0.05, 0) is 49.6 Å². The van der Waals surface area contributed by atoms with Gasteiger partial charge >= 0.3 is 6.03 Å². The summed E-state index contributed by atoms with van der Waals surface area (Å²) in [7, 11) is 3.83. The minimum absolute atomic E-state index is 0.0224. The van der Waals surface area contributed by atoms with E-state index in [-0.39, 0.29) is 12.1 Å². The number of anilines is 2. The van der Waals surface area contributed by atoms with Crippen LogP contribution in [0.5, 0.6) is 5.75 Å². The van der Waals surface area contributed by atoms with Crippen molar-refractivity contribution in [3.8, 4) is 5.75 Å². The summed E-state index contributed by atoms with van der Waals surface area (Å²) in [5.74, 6) is 1.23. The van der Waals surface area contributed by atoms with Gasteiger partial charge in [0.2, 0.25) is 0 Å². The lowest BCUT2D eigenvalue weighted by Crippen LogP contribution is -2.44. The summed E-state index contributed by atoms with van der Waals surface area (Å²) in [5.41, 5.74) is 9.50. The maximum absolute atomic E-state index is 12.9. The standard InChI is InChI=1S/C25H35N5O2/c1-28-14-16-29(17-15-28)22-18-21(8-9-23(22)32-2)27-25(31)30-12-10-20(11-13-30)24(26)19-6-4-3-5-7-19/h3-9,18,20,24H,10-17,26H2,1-2H3,(H,27,31). The molecule has 2 fully saturated rings. The molecule has 2 aromatic carbocycles. The van der Waals surface area contributed by atoms with Gasteiger partial charge in [-0.2, -0.15) is 0 Å². The van der Waals surface area contributed by atoms with E-state index in [1.165, 1.54) is 5.56 Å². The second kappa shape index (κ2) is 10.2. The Balaban J connectivity index is 1.35. The van der Waals surface area contributed by atoms with Crippen LogP contribution in [-0.4, -0.2) is 69.3 Å². The lowest BCUT2D eigenvalue weighted by Gasteiger charge is -2.35. The predicted molar refractivity (Wildman–Crippen MR) is 129 cm³/mol. The van der Waals surface area contributed by atoms with Crippen LogP contribution in [0.3, 0.4) is 0 Å². The molecule has 2 aliphatic heterocycles. The number of likely N-dealkylation sites (tertiary alicyclic amines) is 1. The van der Waals surface area contributed by atoms with Crippen molar-refractivity contribution >= 4 is 17.4 Å². The Kier molecular flexibility index (Phi) is 7.17. The first-order chi connectivity index (χ1) is 15.5. The average molecular weight is 438 g/mol. The second-order valence-corrected chi connectivity index (χ2v) is 8.87. The van der Waals surface area contributed by atoms with Crippen molar-refractivity contribution < 1.29 is 9.53 Å². The number of carbonyl (C=O) groups is 1. The smallest absolute Gasteiger partial charge is 0.321 e. The number of benzene rings is 2. The highest BCUT2D eigenvalue weighted by Crippen LogP contribution is 2.33. The van der Waals surface area contributed by atoms with Crippen LogP contribution in [0.4, 0.5) is 16.2 Å². The molecule has 2 heterocycles. The van der Waals surface area contributed by atoms with Gasteiger partial charge in [-0.1, -0.05) is 30.3 Å². The Morgan fingerprint density at radius 3 is 2.38 bits per heavy atom. The third kappa shape index (κ3) is 5.16. The number of hydrogen-bond acceptors (Lipinski definition) is 5. The molecule has 2 saturated heterocycles. The van der Waals surface area contributed by atoms with E-state index < -0.39 is 0 Å². The minimum Gasteiger partial charge on any atom is -0.495 e. The Bertz CT molecular complexity index is 890. The zero-order valence-corrected chi connectivity index (χ0v) is 19.2. The molecular weight excluding hydrogens is 402 g/mol. The normalized spacial score (nSPS) is 19.0. The molecule has 2 amide bonds. The number of methoxy groups -OCH3 is 1. The largest absolute Gasteiger partial charge is 0.495 e. The van der Waals surface area contributed by atoms with Crippen molar-refractivity contribution in [3.63, 3.8) is 0 Å². The number of nitrogens with one attached hydrogen (secondary N) is 1.